The summed E-state index contributed by atoms with van der Waals surface area (Å²) in [7, 11) is -2.65. The monoisotopic (exact) mass is 550 g/mol. The van der Waals surface area contributed by atoms with Crippen LogP contribution in [0.1, 0.15) is 51.9 Å². The molecule has 0 saturated carbocycles. The predicted octanol–water partition coefficient (Wildman–Crippen LogP) is 2.63. The lowest BCUT2D eigenvalue weighted by Gasteiger charge is -2.28. The van der Waals surface area contributed by atoms with E-state index in [4.69, 9.17) is 4.74 Å². The molecule has 1 aromatic heterocycles. The van der Waals surface area contributed by atoms with Crippen LogP contribution < -0.4 is 10.6 Å². The lowest BCUT2D eigenvalue weighted by Crippen LogP contribution is -2.44. The number of thiophene rings is 1. The molecule has 2 N–H and O–H groups in total. The first kappa shape index (κ1) is 27.2. The van der Waals surface area contributed by atoms with Crippen LogP contribution in [0.3, 0.4) is 0 Å². The maximum atomic E-state index is 13.1. The first-order chi connectivity index (χ1) is 17.5. The molecule has 2 aliphatic rings. The van der Waals surface area contributed by atoms with Gasteiger partial charge < -0.3 is 14.8 Å². The summed E-state index contributed by atoms with van der Waals surface area (Å²) in [5.41, 5.74) is 0.576. The van der Waals surface area contributed by atoms with Gasteiger partial charge in [0.15, 0.2) is 0 Å². The highest BCUT2D eigenvalue weighted by molar-refractivity contribution is 7.89. The van der Waals surface area contributed by atoms with Gasteiger partial charge in [-0.05, 0) is 56.6 Å². The molecule has 0 radical (unpaired) electrons. The van der Waals surface area contributed by atoms with E-state index >= 15 is 0 Å². The van der Waals surface area contributed by atoms with Gasteiger partial charge in [-0.3, -0.25) is 19.8 Å². The maximum Gasteiger partial charge on any atom is 0.413 e. The molecule has 1 fully saturated rings. The zero-order valence-electron chi connectivity index (χ0n) is 21.1. The van der Waals surface area contributed by atoms with E-state index in [9.17, 15) is 22.8 Å². The molecule has 1 aromatic carbocycles. The molecular formula is C24H30N4O7S2. The first-order valence-corrected chi connectivity index (χ1v) is 14.0. The normalized spacial score (nSPS) is 17.7. The Morgan fingerprint density at radius 3 is 2.46 bits per heavy atom. The molecule has 3 heterocycles. The van der Waals surface area contributed by atoms with Crippen LogP contribution in [0.15, 0.2) is 29.2 Å². The van der Waals surface area contributed by atoms with Crippen molar-refractivity contribution in [1.82, 2.24) is 14.5 Å². The van der Waals surface area contributed by atoms with Crippen LogP contribution in [-0.2, 0) is 32.5 Å². The minimum Gasteiger partial charge on any atom is -0.453 e. The molecule has 2 aliphatic heterocycles. The Morgan fingerprint density at radius 1 is 1.16 bits per heavy atom. The Bertz CT molecular complexity index is 1320. The molecule has 1 saturated heterocycles. The third kappa shape index (κ3) is 5.41. The zero-order valence-corrected chi connectivity index (χ0v) is 22.8. The minimum absolute atomic E-state index is 0.0352. The lowest BCUT2D eigenvalue weighted by atomic mass is 10.0. The maximum absolute atomic E-state index is 13.1. The van der Waals surface area contributed by atoms with Gasteiger partial charge in [0.2, 0.25) is 10.0 Å². The lowest BCUT2D eigenvalue weighted by molar-refractivity contribution is 0.0936. The molecule has 0 atom stereocenters. The van der Waals surface area contributed by atoms with E-state index in [1.807, 2.05) is 6.92 Å². The topological polar surface area (TPSA) is 134 Å². The van der Waals surface area contributed by atoms with E-state index in [0.717, 1.165) is 30.6 Å². The number of hydrogen-bond donors (Lipinski definition) is 2. The number of hydrogen-bond acceptors (Lipinski definition) is 9. The molecule has 37 heavy (non-hydrogen) atoms. The molecule has 2 aromatic rings. The third-order valence-electron chi connectivity index (χ3n) is 6.48. The summed E-state index contributed by atoms with van der Waals surface area (Å²) in [6.45, 7) is 8.11. The molecule has 13 heteroatoms. The Hall–Kier alpha value is -2.84. The average molecular weight is 551 g/mol. The Morgan fingerprint density at radius 2 is 1.86 bits per heavy atom. The Labute approximate surface area is 219 Å². The van der Waals surface area contributed by atoms with E-state index in [0.29, 0.717) is 24.6 Å². The average Bonchev–Trinajstić information content (AvgIpc) is 3.42. The number of likely N-dealkylation sites (N-methyl/N-ethyl adjacent to an activating group) is 1. The van der Waals surface area contributed by atoms with E-state index in [1.54, 1.807) is 13.8 Å². The van der Waals surface area contributed by atoms with Gasteiger partial charge in [0, 0.05) is 23.5 Å². The summed E-state index contributed by atoms with van der Waals surface area (Å²) < 4.78 is 37.3. The van der Waals surface area contributed by atoms with Crippen LogP contribution in [0.4, 0.5) is 9.80 Å². The van der Waals surface area contributed by atoms with Crippen LogP contribution in [-0.4, -0.2) is 74.6 Å². The van der Waals surface area contributed by atoms with Crippen LogP contribution >= 0.6 is 11.3 Å². The van der Waals surface area contributed by atoms with Crippen LogP contribution in [0.25, 0.3) is 0 Å². The second-order valence-electron chi connectivity index (χ2n) is 9.39. The van der Waals surface area contributed by atoms with Crippen molar-refractivity contribution >= 4 is 44.3 Å². The van der Waals surface area contributed by atoms with Gasteiger partial charge in [-0.1, -0.05) is 6.92 Å². The number of carbonyl (C=O) groups excluding carboxylic acids is 3. The van der Waals surface area contributed by atoms with Crippen molar-refractivity contribution in [3.63, 3.8) is 0 Å². The van der Waals surface area contributed by atoms with Crippen molar-refractivity contribution in [1.29, 1.82) is 0 Å². The number of rotatable bonds is 6. The molecule has 11 nitrogen and oxygen atoms in total. The van der Waals surface area contributed by atoms with Gasteiger partial charge in [-0.15, -0.1) is 11.3 Å². The number of amides is 3. The number of nitrogens with one attached hydrogen (secondary N) is 2. The van der Waals surface area contributed by atoms with Crippen LogP contribution in [0.5, 0.6) is 0 Å². The standard InChI is InChI=1S/C24H30N4O7S2/c1-5-27-11-10-17-18(12-27)36-22(19(17)21(30)26-23(31)34-4)25-20(29)15-6-8-16(9-7-15)37(32,33)28-14-35-13-24(28,2)3/h6-9H,5,10-14H2,1-4H3,(H,25,29)(H,26,30,31). The van der Waals surface area contributed by atoms with Gasteiger partial charge >= 0.3 is 6.09 Å². The molecule has 0 aliphatic carbocycles. The summed E-state index contributed by atoms with van der Waals surface area (Å²) in [6.07, 6.45) is -0.292. The van der Waals surface area contributed by atoms with E-state index in [2.05, 4.69) is 20.3 Å². The minimum atomic E-state index is -3.81. The van der Waals surface area contributed by atoms with Crippen molar-refractivity contribution in [2.75, 3.05) is 38.9 Å². The summed E-state index contributed by atoms with van der Waals surface area (Å²) >= 11 is 1.29. The van der Waals surface area contributed by atoms with Crippen LogP contribution in [0, 0.1) is 0 Å². The smallest absolute Gasteiger partial charge is 0.413 e. The molecule has 3 amide bonds. The number of imide groups is 1. The molecular weight excluding hydrogens is 520 g/mol. The Balaban J connectivity index is 1.59. The second-order valence-corrected chi connectivity index (χ2v) is 12.4. The SMILES string of the molecule is CCN1CCc2c(sc(NC(=O)c3ccc(S(=O)(=O)N4COCC4(C)C)cc3)c2C(=O)NC(=O)OC)C1. The fourth-order valence-electron chi connectivity index (χ4n) is 4.36. The molecule has 200 valence electrons. The molecule has 0 spiro atoms. The predicted molar refractivity (Wildman–Crippen MR) is 137 cm³/mol. The number of sulfonamides is 1. The van der Waals surface area contributed by atoms with E-state index in [1.165, 1.54) is 39.9 Å². The number of fused-ring (bicyclic) bond motifs is 1. The fourth-order valence-corrected chi connectivity index (χ4v) is 7.30. The number of anilines is 1. The number of methoxy groups -OCH3 is 1. The molecule has 4 rings (SSSR count). The second kappa shape index (κ2) is 10.5. The zero-order chi connectivity index (χ0) is 27.0. The summed E-state index contributed by atoms with van der Waals surface area (Å²) in [5.74, 6) is -1.16. The number of alkyl carbamates (subject to hydrolysis) is 1. The van der Waals surface area contributed by atoms with Gasteiger partial charge in [0.25, 0.3) is 11.8 Å². The summed E-state index contributed by atoms with van der Waals surface area (Å²) in [4.78, 5) is 40.9. The van der Waals surface area contributed by atoms with Crippen molar-refractivity contribution in [3.05, 3.63) is 45.8 Å². The van der Waals surface area contributed by atoms with Gasteiger partial charge in [0.05, 0.1) is 29.7 Å². The third-order valence-corrected chi connectivity index (χ3v) is 9.66. The molecule has 0 bridgehead atoms. The largest absolute Gasteiger partial charge is 0.453 e. The summed E-state index contributed by atoms with van der Waals surface area (Å²) in [5, 5.41) is 5.28. The van der Waals surface area contributed by atoms with E-state index < -0.39 is 33.5 Å². The number of ether oxygens (including phenoxy) is 2. The van der Waals surface area contributed by atoms with Gasteiger partial charge in [-0.25, -0.2) is 13.2 Å². The highest BCUT2D eigenvalue weighted by Crippen LogP contribution is 2.37. The van der Waals surface area contributed by atoms with Gasteiger partial charge in [-0.2, -0.15) is 4.31 Å². The molecule has 0 unspecified atom stereocenters. The number of nitrogens with zero attached hydrogens (tertiary/aromatic N) is 2. The number of carbonyl (C=O) groups is 3. The van der Waals surface area contributed by atoms with Crippen molar-refractivity contribution in [2.45, 2.75) is 44.2 Å². The van der Waals surface area contributed by atoms with Crippen molar-refractivity contribution in [2.24, 2.45) is 0 Å². The number of benzene rings is 1. The van der Waals surface area contributed by atoms with Crippen molar-refractivity contribution < 1.29 is 32.3 Å². The van der Waals surface area contributed by atoms with E-state index in [-0.39, 0.29) is 22.8 Å². The first-order valence-electron chi connectivity index (χ1n) is 11.8. The summed E-state index contributed by atoms with van der Waals surface area (Å²) in [6, 6.07) is 5.60. The van der Waals surface area contributed by atoms with Crippen molar-refractivity contribution in [3.8, 4) is 0 Å². The Kier molecular flexibility index (Phi) is 7.72. The van der Waals surface area contributed by atoms with Gasteiger partial charge in [0.1, 0.15) is 11.7 Å². The highest BCUT2D eigenvalue weighted by atomic mass is 32.2. The quantitative estimate of drug-likeness (QED) is 0.561. The fraction of sp³-hybridized carbons (Fsp3) is 0.458. The van der Waals surface area contributed by atoms with Crippen LogP contribution in [0.2, 0.25) is 0 Å². The highest BCUT2D eigenvalue weighted by Gasteiger charge is 2.42.